The van der Waals surface area contributed by atoms with Gasteiger partial charge in [0.25, 0.3) is 0 Å². The number of rotatable bonds is 9. The zero-order valence-corrected chi connectivity index (χ0v) is 17.7. The molecule has 2 heterocycles. The van der Waals surface area contributed by atoms with E-state index in [1.54, 1.807) is 0 Å². The van der Waals surface area contributed by atoms with Crippen LogP contribution in [-0.4, -0.2) is 75.2 Å². The van der Waals surface area contributed by atoms with E-state index in [0.717, 1.165) is 44.8 Å². The number of tetrazole rings is 1. The number of benzene rings is 2. The molecular formula is C23H29N7O. The van der Waals surface area contributed by atoms with Gasteiger partial charge in [-0.2, -0.15) is 0 Å². The maximum absolute atomic E-state index is 12.9. The summed E-state index contributed by atoms with van der Waals surface area (Å²) in [6.45, 7) is 6.59. The molecule has 1 atom stereocenters. The minimum Gasteiger partial charge on any atom is -0.353 e. The molecule has 1 N–H and O–H groups in total. The minimum atomic E-state index is -0.458. The second kappa shape index (κ2) is 10.8. The van der Waals surface area contributed by atoms with Gasteiger partial charge in [0.15, 0.2) is 0 Å². The van der Waals surface area contributed by atoms with Gasteiger partial charge in [0.1, 0.15) is 12.4 Å². The van der Waals surface area contributed by atoms with E-state index in [4.69, 9.17) is 0 Å². The first kappa shape index (κ1) is 21.1. The van der Waals surface area contributed by atoms with E-state index in [0.29, 0.717) is 13.0 Å². The summed E-state index contributed by atoms with van der Waals surface area (Å²) in [5, 5.41) is 14.4. The Morgan fingerprint density at radius 2 is 1.55 bits per heavy atom. The Kier molecular flexibility index (Phi) is 7.36. The lowest BCUT2D eigenvalue weighted by Gasteiger charge is -2.34. The van der Waals surface area contributed by atoms with E-state index in [1.165, 1.54) is 16.6 Å². The average Bonchev–Trinajstić information content (AvgIpc) is 3.34. The SMILES string of the molecule is O=C(NCCN1CCN(Cc2ccccc2)CC1)C(Cc1ccccc1)n1cnnn1. The topological polar surface area (TPSA) is 79.2 Å². The minimum absolute atomic E-state index is 0.0566. The van der Waals surface area contributed by atoms with Crippen LogP contribution in [0.1, 0.15) is 17.2 Å². The molecule has 1 fully saturated rings. The van der Waals surface area contributed by atoms with Crippen molar-refractivity contribution >= 4 is 5.91 Å². The molecule has 0 bridgehead atoms. The van der Waals surface area contributed by atoms with Crippen LogP contribution in [0.5, 0.6) is 0 Å². The average molecular weight is 420 g/mol. The molecule has 2 aromatic carbocycles. The molecule has 1 saturated heterocycles. The highest BCUT2D eigenvalue weighted by molar-refractivity contribution is 5.80. The van der Waals surface area contributed by atoms with Crippen molar-refractivity contribution in [2.75, 3.05) is 39.3 Å². The molecule has 1 unspecified atom stereocenters. The van der Waals surface area contributed by atoms with Crippen LogP contribution in [0, 0.1) is 0 Å². The fraction of sp³-hybridized carbons (Fsp3) is 0.391. The van der Waals surface area contributed by atoms with Gasteiger partial charge >= 0.3 is 0 Å². The molecule has 1 aromatic heterocycles. The molecule has 1 aliphatic rings. The number of nitrogens with zero attached hydrogens (tertiary/aromatic N) is 6. The van der Waals surface area contributed by atoms with Crippen molar-refractivity contribution < 1.29 is 4.79 Å². The normalized spacial score (nSPS) is 16.1. The summed E-state index contributed by atoms with van der Waals surface area (Å²) in [5.74, 6) is -0.0566. The zero-order valence-electron chi connectivity index (χ0n) is 17.7. The predicted molar refractivity (Wildman–Crippen MR) is 118 cm³/mol. The Balaban J connectivity index is 1.22. The third-order valence-corrected chi connectivity index (χ3v) is 5.70. The molecule has 8 heteroatoms. The van der Waals surface area contributed by atoms with Crippen LogP contribution in [0.3, 0.4) is 0 Å². The van der Waals surface area contributed by atoms with Gasteiger partial charge in [0.05, 0.1) is 0 Å². The van der Waals surface area contributed by atoms with Crippen LogP contribution in [0.25, 0.3) is 0 Å². The Hall–Kier alpha value is -3.10. The molecule has 0 saturated carbocycles. The molecule has 1 aliphatic heterocycles. The lowest BCUT2D eigenvalue weighted by Crippen LogP contribution is -2.48. The van der Waals surface area contributed by atoms with E-state index in [2.05, 4.69) is 61.0 Å². The second-order valence-electron chi connectivity index (χ2n) is 7.89. The number of nitrogens with one attached hydrogen (secondary N) is 1. The van der Waals surface area contributed by atoms with Crippen molar-refractivity contribution in [2.24, 2.45) is 0 Å². The molecule has 0 aliphatic carbocycles. The van der Waals surface area contributed by atoms with Crippen LogP contribution in [0.2, 0.25) is 0 Å². The lowest BCUT2D eigenvalue weighted by molar-refractivity contribution is -0.124. The molecular weight excluding hydrogens is 390 g/mol. The Morgan fingerprint density at radius 3 is 2.19 bits per heavy atom. The van der Waals surface area contributed by atoms with E-state index in [-0.39, 0.29) is 5.91 Å². The van der Waals surface area contributed by atoms with Gasteiger partial charge in [-0.25, -0.2) is 4.68 Å². The molecule has 162 valence electrons. The molecule has 1 amide bonds. The second-order valence-corrected chi connectivity index (χ2v) is 7.89. The van der Waals surface area contributed by atoms with E-state index in [1.807, 2.05) is 30.3 Å². The summed E-state index contributed by atoms with van der Waals surface area (Å²) in [6.07, 6.45) is 2.05. The standard InChI is InChI=1S/C23H29N7O/c31-23(22(30-19-25-26-27-30)17-20-7-3-1-4-8-20)24-11-12-28-13-15-29(16-14-28)18-21-9-5-2-6-10-21/h1-10,19,22H,11-18H2,(H,24,31). The van der Waals surface area contributed by atoms with Crippen molar-refractivity contribution in [3.05, 3.63) is 78.1 Å². The van der Waals surface area contributed by atoms with Gasteiger partial charge in [-0.1, -0.05) is 60.7 Å². The summed E-state index contributed by atoms with van der Waals surface area (Å²) in [5.41, 5.74) is 2.43. The van der Waals surface area contributed by atoms with Crippen molar-refractivity contribution in [1.82, 2.24) is 35.3 Å². The van der Waals surface area contributed by atoms with Gasteiger partial charge in [0.2, 0.25) is 5.91 Å². The lowest BCUT2D eigenvalue weighted by atomic mass is 10.1. The largest absolute Gasteiger partial charge is 0.353 e. The number of hydrogen-bond donors (Lipinski definition) is 1. The van der Waals surface area contributed by atoms with Gasteiger partial charge in [-0.15, -0.1) is 5.10 Å². The molecule has 0 radical (unpaired) electrons. The van der Waals surface area contributed by atoms with Crippen LogP contribution in [0.4, 0.5) is 0 Å². The van der Waals surface area contributed by atoms with Crippen molar-refractivity contribution in [2.45, 2.75) is 19.0 Å². The van der Waals surface area contributed by atoms with Gasteiger partial charge in [0, 0.05) is 52.2 Å². The van der Waals surface area contributed by atoms with Crippen molar-refractivity contribution in [1.29, 1.82) is 0 Å². The van der Waals surface area contributed by atoms with Crippen LogP contribution < -0.4 is 5.32 Å². The fourth-order valence-corrected chi connectivity index (χ4v) is 3.92. The number of amides is 1. The highest BCUT2D eigenvalue weighted by Crippen LogP contribution is 2.13. The van der Waals surface area contributed by atoms with E-state index < -0.39 is 6.04 Å². The highest BCUT2D eigenvalue weighted by atomic mass is 16.2. The summed E-state index contributed by atoms with van der Waals surface area (Å²) in [7, 11) is 0. The molecule has 4 rings (SSSR count). The highest BCUT2D eigenvalue weighted by Gasteiger charge is 2.23. The first-order valence-electron chi connectivity index (χ1n) is 10.8. The number of piperazine rings is 1. The Labute approximate surface area is 182 Å². The number of carbonyl (C=O) groups is 1. The van der Waals surface area contributed by atoms with Gasteiger partial charge < -0.3 is 5.32 Å². The number of hydrogen-bond acceptors (Lipinski definition) is 6. The first-order valence-corrected chi connectivity index (χ1v) is 10.8. The number of carbonyl (C=O) groups excluding carboxylic acids is 1. The maximum atomic E-state index is 12.9. The molecule has 3 aromatic rings. The Bertz CT molecular complexity index is 910. The van der Waals surface area contributed by atoms with Crippen LogP contribution in [0.15, 0.2) is 67.0 Å². The summed E-state index contributed by atoms with van der Waals surface area (Å²) in [4.78, 5) is 17.8. The quantitative estimate of drug-likeness (QED) is 0.565. The fourth-order valence-electron chi connectivity index (χ4n) is 3.92. The summed E-state index contributed by atoms with van der Waals surface area (Å²) < 4.78 is 1.53. The van der Waals surface area contributed by atoms with Crippen molar-refractivity contribution in [3.63, 3.8) is 0 Å². The zero-order chi connectivity index (χ0) is 21.3. The third kappa shape index (κ3) is 6.19. The molecule has 0 spiro atoms. The molecule has 31 heavy (non-hydrogen) atoms. The number of aromatic nitrogens is 4. The predicted octanol–water partition coefficient (Wildman–Crippen LogP) is 1.39. The Morgan fingerprint density at radius 1 is 0.903 bits per heavy atom. The smallest absolute Gasteiger partial charge is 0.245 e. The molecule has 8 nitrogen and oxygen atoms in total. The maximum Gasteiger partial charge on any atom is 0.245 e. The van der Waals surface area contributed by atoms with Gasteiger partial charge in [-0.05, 0) is 21.6 Å². The third-order valence-electron chi connectivity index (χ3n) is 5.70. The van der Waals surface area contributed by atoms with Crippen molar-refractivity contribution in [3.8, 4) is 0 Å². The monoisotopic (exact) mass is 419 g/mol. The van der Waals surface area contributed by atoms with Crippen LogP contribution >= 0.6 is 0 Å². The summed E-state index contributed by atoms with van der Waals surface area (Å²) >= 11 is 0. The summed E-state index contributed by atoms with van der Waals surface area (Å²) in [6, 6.07) is 20.1. The van der Waals surface area contributed by atoms with Gasteiger partial charge in [-0.3, -0.25) is 14.6 Å². The van der Waals surface area contributed by atoms with E-state index >= 15 is 0 Å². The van der Waals surface area contributed by atoms with E-state index in [9.17, 15) is 4.79 Å². The van der Waals surface area contributed by atoms with Crippen LogP contribution in [-0.2, 0) is 17.8 Å². The first-order chi connectivity index (χ1) is 15.3.